The molecular weight excluding hydrogens is 290 g/mol. The first-order valence-corrected chi connectivity index (χ1v) is 7.32. The van der Waals surface area contributed by atoms with Crippen molar-refractivity contribution in [1.29, 1.82) is 0 Å². The molecule has 0 aliphatic carbocycles. The third-order valence-electron chi connectivity index (χ3n) is 2.45. The Morgan fingerprint density at radius 2 is 2.00 bits per heavy atom. The molecule has 1 N–H and O–H groups in total. The summed E-state index contributed by atoms with van der Waals surface area (Å²) in [5.74, 6) is 0.400. The van der Waals surface area contributed by atoms with Crippen molar-refractivity contribution >= 4 is 22.4 Å². The van der Waals surface area contributed by atoms with Crippen LogP contribution >= 0.6 is 11.3 Å². The zero-order valence-electron chi connectivity index (χ0n) is 12.3. The van der Waals surface area contributed by atoms with E-state index in [9.17, 15) is 4.79 Å². The quantitative estimate of drug-likeness (QED) is 0.919. The number of methoxy groups -OCH3 is 1. The van der Waals surface area contributed by atoms with Gasteiger partial charge in [-0.1, -0.05) is 0 Å². The van der Waals surface area contributed by atoms with Crippen LogP contribution in [-0.2, 0) is 0 Å². The van der Waals surface area contributed by atoms with Gasteiger partial charge in [0, 0.05) is 17.5 Å². The van der Waals surface area contributed by atoms with Gasteiger partial charge in [-0.25, -0.2) is 4.98 Å². The van der Waals surface area contributed by atoms with E-state index in [4.69, 9.17) is 9.47 Å². The van der Waals surface area contributed by atoms with Gasteiger partial charge in [-0.15, -0.1) is 11.3 Å². The maximum Gasteiger partial charge on any atom is 0.257 e. The number of rotatable bonds is 5. The number of pyridine rings is 1. The van der Waals surface area contributed by atoms with Gasteiger partial charge in [-0.3, -0.25) is 10.1 Å². The lowest BCUT2D eigenvalue weighted by molar-refractivity contribution is 0.102. The molecule has 2 aromatic rings. The van der Waals surface area contributed by atoms with Crippen LogP contribution in [0.4, 0.5) is 5.13 Å². The number of nitrogens with one attached hydrogen (secondary N) is 1. The van der Waals surface area contributed by atoms with E-state index in [0.29, 0.717) is 22.5 Å². The minimum absolute atomic E-state index is 0.0397. The first-order valence-electron chi connectivity index (χ1n) is 6.44. The predicted molar refractivity (Wildman–Crippen MR) is 81.4 cm³/mol. The Hall–Kier alpha value is -2.15. The second-order valence-corrected chi connectivity index (χ2v) is 5.51. The lowest BCUT2D eigenvalue weighted by Gasteiger charge is -2.11. The van der Waals surface area contributed by atoms with Crippen molar-refractivity contribution in [2.45, 2.75) is 26.9 Å². The monoisotopic (exact) mass is 307 g/mol. The van der Waals surface area contributed by atoms with Crippen LogP contribution < -0.4 is 14.8 Å². The van der Waals surface area contributed by atoms with E-state index < -0.39 is 0 Å². The molecule has 2 heterocycles. The molecule has 0 fully saturated rings. The van der Waals surface area contributed by atoms with E-state index in [1.807, 2.05) is 26.2 Å². The number of carbonyl (C=O) groups is 1. The molecule has 0 atom stereocenters. The average molecular weight is 307 g/mol. The Balaban J connectivity index is 2.22. The molecule has 0 aromatic carbocycles. The van der Waals surface area contributed by atoms with E-state index in [1.165, 1.54) is 18.4 Å². The number of nitrogens with zero attached hydrogens (tertiary/aromatic N) is 2. The fourth-order valence-electron chi connectivity index (χ4n) is 1.60. The fraction of sp³-hybridized carbons (Fsp3) is 0.357. The van der Waals surface area contributed by atoms with Gasteiger partial charge in [0.2, 0.25) is 11.8 Å². The van der Waals surface area contributed by atoms with Gasteiger partial charge in [0.05, 0.1) is 24.5 Å². The Bertz CT molecular complexity index is 640. The van der Waals surface area contributed by atoms with Crippen molar-refractivity contribution in [2.75, 3.05) is 12.4 Å². The first-order chi connectivity index (χ1) is 9.97. The van der Waals surface area contributed by atoms with Crippen LogP contribution in [0.2, 0.25) is 0 Å². The standard InChI is InChI=1S/C14H17N3O3S/c1-8(2)20-12-6-10(5-11(16-12)19-4)13(18)17-14-15-9(3)7-21-14/h5-8H,1-4H3,(H,15,17,18). The molecule has 7 heteroatoms. The molecular formula is C14H17N3O3S. The molecule has 0 saturated heterocycles. The predicted octanol–water partition coefficient (Wildman–Crippen LogP) is 2.89. The van der Waals surface area contributed by atoms with Crippen LogP contribution in [0.1, 0.15) is 29.9 Å². The van der Waals surface area contributed by atoms with Crippen molar-refractivity contribution in [3.63, 3.8) is 0 Å². The van der Waals surface area contributed by atoms with Crippen LogP contribution in [0, 0.1) is 6.92 Å². The lowest BCUT2D eigenvalue weighted by atomic mass is 10.2. The molecule has 0 aliphatic heterocycles. The summed E-state index contributed by atoms with van der Waals surface area (Å²) in [6.45, 7) is 5.65. The van der Waals surface area contributed by atoms with E-state index in [-0.39, 0.29) is 12.0 Å². The molecule has 2 rings (SSSR count). The van der Waals surface area contributed by atoms with Crippen molar-refractivity contribution in [3.8, 4) is 11.8 Å². The Morgan fingerprint density at radius 3 is 2.57 bits per heavy atom. The van der Waals surface area contributed by atoms with Crippen LogP contribution in [0.25, 0.3) is 0 Å². The number of amides is 1. The van der Waals surface area contributed by atoms with Gasteiger partial charge in [0.25, 0.3) is 5.91 Å². The molecule has 21 heavy (non-hydrogen) atoms. The lowest BCUT2D eigenvalue weighted by Crippen LogP contribution is -2.14. The minimum Gasteiger partial charge on any atom is -0.481 e. The van der Waals surface area contributed by atoms with Crippen LogP contribution in [0.3, 0.4) is 0 Å². The van der Waals surface area contributed by atoms with Gasteiger partial charge >= 0.3 is 0 Å². The highest BCUT2D eigenvalue weighted by Gasteiger charge is 2.13. The number of aryl methyl sites for hydroxylation is 1. The Kier molecular flexibility index (Phi) is 4.74. The van der Waals surface area contributed by atoms with Gasteiger partial charge in [-0.2, -0.15) is 4.98 Å². The molecule has 0 aliphatic rings. The fourth-order valence-corrected chi connectivity index (χ4v) is 2.28. The number of anilines is 1. The molecule has 0 bridgehead atoms. The average Bonchev–Trinajstić information content (AvgIpc) is 2.82. The second-order valence-electron chi connectivity index (χ2n) is 4.65. The topological polar surface area (TPSA) is 73.3 Å². The molecule has 112 valence electrons. The number of hydrogen-bond acceptors (Lipinski definition) is 6. The van der Waals surface area contributed by atoms with Crippen molar-refractivity contribution in [1.82, 2.24) is 9.97 Å². The van der Waals surface area contributed by atoms with E-state index in [1.54, 1.807) is 12.1 Å². The van der Waals surface area contributed by atoms with Crippen molar-refractivity contribution in [2.24, 2.45) is 0 Å². The highest BCUT2D eigenvalue weighted by atomic mass is 32.1. The molecule has 0 unspecified atom stereocenters. The summed E-state index contributed by atoms with van der Waals surface area (Å²) in [5, 5.41) is 5.17. The van der Waals surface area contributed by atoms with Crippen LogP contribution in [0.5, 0.6) is 11.8 Å². The highest BCUT2D eigenvalue weighted by molar-refractivity contribution is 7.13. The highest BCUT2D eigenvalue weighted by Crippen LogP contribution is 2.21. The minimum atomic E-state index is -0.279. The Labute approximate surface area is 127 Å². The Morgan fingerprint density at radius 1 is 1.29 bits per heavy atom. The summed E-state index contributed by atoms with van der Waals surface area (Å²) in [4.78, 5) is 20.6. The zero-order chi connectivity index (χ0) is 15.4. The van der Waals surface area contributed by atoms with Gasteiger partial charge in [-0.05, 0) is 20.8 Å². The largest absolute Gasteiger partial charge is 0.481 e. The smallest absolute Gasteiger partial charge is 0.257 e. The molecule has 1 amide bonds. The van der Waals surface area contributed by atoms with Crippen LogP contribution in [0.15, 0.2) is 17.5 Å². The maximum atomic E-state index is 12.2. The van der Waals surface area contributed by atoms with Crippen molar-refractivity contribution in [3.05, 3.63) is 28.8 Å². The van der Waals surface area contributed by atoms with E-state index in [0.717, 1.165) is 5.69 Å². The molecule has 2 aromatic heterocycles. The van der Waals surface area contributed by atoms with Crippen LogP contribution in [-0.4, -0.2) is 29.1 Å². The van der Waals surface area contributed by atoms with Crippen molar-refractivity contribution < 1.29 is 14.3 Å². The second kappa shape index (κ2) is 6.53. The number of aromatic nitrogens is 2. The van der Waals surface area contributed by atoms with E-state index in [2.05, 4.69) is 15.3 Å². The third kappa shape index (κ3) is 4.16. The zero-order valence-corrected chi connectivity index (χ0v) is 13.2. The molecule has 0 radical (unpaired) electrons. The molecule has 6 nitrogen and oxygen atoms in total. The summed E-state index contributed by atoms with van der Waals surface area (Å²) < 4.78 is 10.6. The summed E-state index contributed by atoms with van der Waals surface area (Å²) >= 11 is 1.38. The first kappa shape index (κ1) is 15.2. The summed E-state index contributed by atoms with van der Waals surface area (Å²) in [6, 6.07) is 3.14. The van der Waals surface area contributed by atoms with Gasteiger partial charge < -0.3 is 9.47 Å². The summed E-state index contributed by atoms with van der Waals surface area (Å²) in [6.07, 6.45) is -0.0397. The van der Waals surface area contributed by atoms with E-state index >= 15 is 0 Å². The van der Waals surface area contributed by atoms with Gasteiger partial charge in [0.15, 0.2) is 5.13 Å². The van der Waals surface area contributed by atoms with Gasteiger partial charge in [0.1, 0.15) is 0 Å². The number of carbonyl (C=O) groups excluding carboxylic acids is 1. The molecule has 0 saturated carbocycles. The SMILES string of the molecule is COc1cc(C(=O)Nc2nc(C)cs2)cc(OC(C)C)n1. The normalized spacial score (nSPS) is 10.5. The summed E-state index contributed by atoms with van der Waals surface area (Å²) in [7, 11) is 1.49. The maximum absolute atomic E-state index is 12.2. The number of hydrogen-bond donors (Lipinski definition) is 1. The third-order valence-corrected chi connectivity index (χ3v) is 3.32. The number of thiazole rings is 1. The number of ether oxygens (including phenoxy) is 2. The summed E-state index contributed by atoms with van der Waals surface area (Å²) in [5.41, 5.74) is 1.27. The molecule has 0 spiro atoms.